The van der Waals surface area contributed by atoms with Crippen LogP contribution in [0.1, 0.15) is 26.2 Å². The largest absolute Gasteiger partial charge is 0.355 e. The maximum atomic E-state index is 12.6. The van der Waals surface area contributed by atoms with Crippen molar-refractivity contribution in [3.63, 3.8) is 0 Å². The number of carbonyl (C=O) groups excluding carboxylic acids is 2. The number of piperidine rings is 1. The molecule has 0 bridgehead atoms. The van der Waals surface area contributed by atoms with E-state index < -0.39 is 5.54 Å². The van der Waals surface area contributed by atoms with E-state index in [2.05, 4.69) is 21.0 Å². The van der Waals surface area contributed by atoms with E-state index in [9.17, 15) is 9.59 Å². The first-order valence-corrected chi connectivity index (χ1v) is 7.45. The second-order valence-corrected chi connectivity index (χ2v) is 5.26. The molecule has 0 saturated carbocycles. The molecule has 0 radical (unpaired) electrons. The van der Waals surface area contributed by atoms with Gasteiger partial charge in [0.05, 0.1) is 6.54 Å². The smallest absolute Gasteiger partial charge is 0.248 e. The van der Waals surface area contributed by atoms with Gasteiger partial charge in [-0.3, -0.25) is 14.3 Å². The molecule has 21 heavy (non-hydrogen) atoms. The van der Waals surface area contributed by atoms with Crippen LogP contribution in [-0.2, 0) is 15.1 Å². The van der Waals surface area contributed by atoms with Crippen LogP contribution in [0.5, 0.6) is 0 Å². The molecule has 2 heterocycles. The number of hydrogen-bond acceptors (Lipinski definition) is 4. The zero-order valence-corrected chi connectivity index (χ0v) is 12.4. The SMILES string of the molecule is CCCNC(=O)CNC(=O)C1(n2cccn2)CCNCC1. The quantitative estimate of drug-likeness (QED) is 0.666. The number of carbonyl (C=O) groups is 2. The van der Waals surface area contributed by atoms with Gasteiger partial charge in [0.2, 0.25) is 11.8 Å². The molecule has 7 nitrogen and oxygen atoms in total. The molecule has 3 N–H and O–H groups in total. The molecule has 0 spiro atoms. The highest BCUT2D eigenvalue weighted by Crippen LogP contribution is 2.26. The summed E-state index contributed by atoms with van der Waals surface area (Å²) in [6.45, 7) is 4.14. The summed E-state index contributed by atoms with van der Waals surface area (Å²) in [4.78, 5) is 24.2. The molecule has 2 amide bonds. The van der Waals surface area contributed by atoms with E-state index >= 15 is 0 Å². The van der Waals surface area contributed by atoms with Crippen LogP contribution in [0.2, 0.25) is 0 Å². The number of nitrogens with one attached hydrogen (secondary N) is 3. The van der Waals surface area contributed by atoms with E-state index in [-0.39, 0.29) is 18.4 Å². The van der Waals surface area contributed by atoms with Crippen molar-refractivity contribution in [2.24, 2.45) is 0 Å². The number of hydrogen-bond donors (Lipinski definition) is 3. The molecule has 7 heteroatoms. The molecule has 1 aliphatic heterocycles. The Balaban J connectivity index is 2.01. The van der Waals surface area contributed by atoms with E-state index in [1.807, 2.05) is 19.2 Å². The van der Waals surface area contributed by atoms with Gasteiger partial charge in [0, 0.05) is 18.9 Å². The highest BCUT2D eigenvalue weighted by atomic mass is 16.2. The van der Waals surface area contributed by atoms with Gasteiger partial charge in [0.1, 0.15) is 5.54 Å². The Morgan fingerprint density at radius 1 is 1.33 bits per heavy atom. The van der Waals surface area contributed by atoms with E-state index in [1.165, 1.54) is 0 Å². The molecule has 0 aromatic carbocycles. The molecule has 1 saturated heterocycles. The molecule has 0 unspecified atom stereocenters. The van der Waals surface area contributed by atoms with Crippen molar-refractivity contribution in [2.75, 3.05) is 26.2 Å². The third-order valence-corrected chi connectivity index (χ3v) is 3.78. The summed E-state index contributed by atoms with van der Waals surface area (Å²) in [5.74, 6) is -0.297. The molecule has 1 fully saturated rings. The Morgan fingerprint density at radius 2 is 2.10 bits per heavy atom. The summed E-state index contributed by atoms with van der Waals surface area (Å²) < 4.78 is 1.72. The third kappa shape index (κ3) is 3.60. The maximum absolute atomic E-state index is 12.6. The van der Waals surface area contributed by atoms with Crippen molar-refractivity contribution in [1.82, 2.24) is 25.7 Å². The first-order chi connectivity index (χ1) is 10.2. The molecule has 116 valence electrons. The van der Waals surface area contributed by atoms with Gasteiger partial charge >= 0.3 is 0 Å². The number of aromatic nitrogens is 2. The Morgan fingerprint density at radius 3 is 2.71 bits per heavy atom. The fraction of sp³-hybridized carbons (Fsp3) is 0.643. The standard InChI is InChI=1S/C14H23N5O2/c1-2-6-16-12(20)11-17-13(21)14(4-8-15-9-5-14)19-10-3-7-18-19/h3,7,10,15H,2,4-6,8-9,11H2,1H3,(H,16,20)(H,17,21). The average Bonchev–Trinajstić information content (AvgIpc) is 3.06. The van der Waals surface area contributed by atoms with E-state index in [0.29, 0.717) is 19.4 Å². The van der Waals surface area contributed by atoms with Gasteiger partial charge in [-0.05, 0) is 38.4 Å². The first kappa shape index (κ1) is 15.5. The average molecular weight is 293 g/mol. The number of nitrogens with zero attached hydrogens (tertiary/aromatic N) is 2. The van der Waals surface area contributed by atoms with Gasteiger partial charge in [0.25, 0.3) is 0 Å². The topological polar surface area (TPSA) is 88.1 Å². The van der Waals surface area contributed by atoms with Gasteiger partial charge in [0.15, 0.2) is 0 Å². The lowest BCUT2D eigenvalue weighted by Crippen LogP contribution is -2.55. The molecule has 2 rings (SSSR count). The predicted molar refractivity (Wildman–Crippen MR) is 78.6 cm³/mol. The van der Waals surface area contributed by atoms with Crippen LogP contribution >= 0.6 is 0 Å². The fourth-order valence-electron chi connectivity index (χ4n) is 2.57. The minimum Gasteiger partial charge on any atom is -0.355 e. The molecular weight excluding hydrogens is 270 g/mol. The van der Waals surface area contributed by atoms with Crippen LogP contribution in [0.25, 0.3) is 0 Å². The highest BCUT2D eigenvalue weighted by molar-refractivity contribution is 5.89. The van der Waals surface area contributed by atoms with Crippen LogP contribution in [0, 0.1) is 0 Å². The van der Waals surface area contributed by atoms with Crippen LogP contribution in [-0.4, -0.2) is 47.8 Å². The highest BCUT2D eigenvalue weighted by Gasteiger charge is 2.41. The second kappa shape index (κ2) is 7.21. The lowest BCUT2D eigenvalue weighted by atomic mass is 9.87. The lowest BCUT2D eigenvalue weighted by molar-refractivity contribution is -0.134. The minimum atomic E-state index is -0.695. The number of amides is 2. The van der Waals surface area contributed by atoms with Gasteiger partial charge in [-0.1, -0.05) is 6.92 Å². The predicted octanol–water partition coefficient (Wildman–Crippen LogP) is -0.396. The number of rotatable bonds is 6. The monoisotopic (exact) mass is 293 g/mol. The summed E-state index contributed by atoms with van der Waals surface area (Å²) in [7, 11) is 0. The second-order valence-electron chi connectivity index (χ2n) is 5.26. The van der Waals surface area contributed by atoms with Crippen molar-refractivity contribution >= 4 is 11.8 Å². The van der Waals surface area contributed by atoms with Crippen LogP contribution in [0.4, 0.5) is 0 Å². The van der Waals surface area contributed by atoms with E-state index in [0.717, 1.165) is 19.5 Å². The minimum absolute atomic E-state index is 0.00921. The van der Waals surface area contributed by atoms with Crippen molar-refractivity contribution in [1.29, 1.82) is 0 Å². The maximum Gasteiger partial charge on any atom is 0.248 e. The molecular formula is C14H23N5O2. The van der Waals surface area contributed by atoms with Crippen molar-refractivity contribution < 1.29 is 9.59 Å². The molecule has 1 aromatic rings. The Bertz CT molecular complexity index is 466. The molecule has 0 aliphatic carbocycles. The van der Waals surface area contributed by atoms with Gasteiger partial charge < -0.3 is 16.0 Å². The Hall–Kier alpha value is -1.89. The Labute approximate surface area is 124 Å². The van der Waals surface area contributed by atoms with Gasteiger partial charge in [-0.2, -0.15) is 5.10 Å². The van der Waals surface area contributed by atoms with Gasteiger partial charge in [-0.25, -0.2) is 0 Å². The third-order valence-electron chi connectivity index (χ3n) is 3.78. The summed E-state index contributed by atoms with van der Waals surface area (Å²) in [6.07, 6.45) is 5.68. The van der Waals surface area contributed by atoms with E-state index in [1.54, 1.807) is 10.9 Å². The van der Waals surface area contributed by atoms with Crippen molar-refractivity contribution in [2.45, 2.75) is 31.7 Å². The first-order valence-electron chi connectivity index (χ1n) is 7.45. The summed E-state index contributed by atoms with van der Waals surface area (Å²) in [6, 6.07) is 1.81. The van der Waals surface area contributed by atoms with Crippen LogP contribution in [0.3, 0.4) is 0 Å². The zero-order chi connectivity index (χ0) is 15.1. The summed E-state index contributed by atoms with van der Waals surface area (Å²) in [5.41, 5.74) is -0.695. The van der Waals surface area contributed by atoms with Crippen molar-refractivity contribution in [3.05, 3.63) is 18.5 Å². The fourth-order valence-corrected chi connectivity index (χ4v) is 2.57. The Kier molecular flexibility index (Phi) is 5.32. The normalized spacial score (nSPS) is 17.2. The zero-order valence-electron chi connectivity index (χ0n) is 12.4. The van der Waals surface area contributed by atoms with Crippen molar-refractivity contribution in [3.8, 4) is 0 Å². The lowest BCUT2D eigenvalue weighted by Gasteiger charge is -2.36. The molecule has 1 aromatic heterocycles. The molecule has 0 atom stereocenters. The summed E-state index contributed by atoms with van der Waals surface area (Å²) in [5, 5.41) is 13.0. The molecule has 1 aliphatic rings. The summed E-state index contributed by atoms with van der Waals surface area (Å²) >= 11 is 0. The van der Waals surface area contributed by atoms with E-state index in [4.69, 9.17) is 0 Å². The van der Waals surface area contributed by atoms with Crippen LogP contribution in [0.15, 0.2) is 18.5 Å². The van der Waals surface area contributed by atoms with Gasteiger partial charge in [-0.15, -0.1) is 0 Å². The van der Waals surface area contributed by atoms with Crippen LogP contribution < -0.4 is 16.0 Å².